The molecule has 7 heteroatoms. The molecule has 4 amide bonds. The number of carbonyl (C=O) groups is 3. The van der Waals surface area contributed by atoms with Crippen molar-refractivity contribution in [1.82, 2.24) is 20.0 Å². The molecule has 7 nitrogen and oxygen atoms in total. The van der Waals surface area contributed by atoms with Crippen LogP contribution in [0.25, 0.3) is 0 Å². The molecule has 2 bridgehead atoms. The van der Waals surface area contributed by atoms with Crippen LogP contribution in [-0.4, -0.2) is 77.4 Å². The Kier molecular flexibility index (Phi) is 6.07. The van der Waals surface area contributed by atoms with Gasteiger partial charge in [0, 0.05) is 51.2 Å². The molecule has 1 N–H and O–H groups in total. The second-order valence-corrected chi connectivity index (χ2v) is 10.0. The minimum absolute atomic E-state index is 0.0522. The number of fused-ring (bicyclic) bond motifs is 4. The Bertz CT molecular complexity index is 852. The van der Waals surface area contributed by atoms with Crippen LogP contribution < -0.4 is 5.32 Å². The number of rotatable bonds is 3. The summed E-state index contributed by atoms with van der Waals surface area (Å²) in [6, 6.07) is 10.4. The van der Waals surface area contributed by atoms with E-state index in [1.54, 1.807) is 0 Å². The first kappa shape index (κ1) is 21.3. The summed E-state index contributed by atoms with van der Waals surface area (Å²) >= 11 is 0. The number of nitrogens with one attached hydrogen (secondary N) is 1. The molecular formula is C25H34N4O3. The van der Waals surface area contributed by atoms with E-state index in [4.69, 9.17) is 0 Å². The van der Waals surface area contributed by atoms with Gasteiger partial charge in [-0.3, -0.25) is 9.59 Å². The molecule has 32 heavy (non-hydrogen) atoms. The zero-order valence-electron chi connectivity index (χ0n) is 18.7. The molecule has 0 saturated carbocycles. The van der Waals surface area contributed by atoms with E-state index in [0.29, 0.717) is 49.7 Å². The van der Waals surface area contributed by atoms with Crippen molar-refractivity contribution < 1.29 is 14.4 Å². The lowest BCUT2D eigenvalue weighted by Gasteiger charge is -2.53. The Labute approximate surface area is 190 Å². The van der Waals surface area contributed by atoms with Crippen LogP contribution in [0.2, 0.25) is 0 Å². The summed E-state index contributed by atoms with van der Waals surface area (Å²) in [5.41, 5.74) is 1.02. The van der Waals surface area contributed by atoms with Crippen molar-refractivity contribution in [2.45, 2.75) is 57.0 Å². The largest absolute Gasteiger partial charge is 0.353 e. The van der Waals surface area contributed by atoms with Gasteiger partial charge in [0.25, 0.3) is 0 Å². The van der Waals surface area contributed by atoms with E-state index < -0.39 is 0 Å². The van der Waals surface area contributed by atoms with Gasteiger partial charge in [-0.15, -0.1) is 0 Å². The van der Waals surface area contributed by atoms with Crippen molar-refractivity contribution >= 4 is 17.8 Å². The van der Waals surface area contributed by atoms with Gasteiger partial charge in [-0.25, -0.2) is 4.79 Å². The fourth-order valence-corrected chi connectivity index (χ4v) is 6.24. The average molecular weight is 439 g/mol. The average Bonchev–Trinajstić information content (AvgIpc) is 2.80. The minimum Gasteiger partial charge on any atom is -0.353 e. The van der Waals surface area contributed by atoms with Gasteiger partial charge in [-0.1, -0.05) is 30.3 Å². The SMILES string of the molecule is O=C(Cc1ccccc1)NC1CCN(C(=O)N2C[C@H]3C[C@H](C2)[C@H]2CCCC(=O)N2C3)CC1. The van der Waals surface area contributed by atoms with E-state index in [1.165, 1.54) is 0 Å². The van der Waals surface area contributed by atoms with Crippen LogP contribution >= 0.6 is 0 Å². The third-order valence-electron chi connectivity index (χ3n) is 7.79. The van der Waals surface area contributed by atoms with Gasteiger partial charge in [-0.2, -0.15) is 0 Å². The van der Waals surface area contributed by atoms with Gasteiger partial charge in [0.15, 0.2) is 0 Å². The van der Waals surface area contributed by atoms with Crippen molar-refractivity contribution in [3.05, 3.63) is 35.9 Å². The van der Waals surface area contributed by atoms with Gasteiger partial charge in [0.05, 0.1) is 6.42 Å². The number of hydrogen-bond acceptors (Lipinski definition) is 3. The van der Waals surface area contributed by atoms with Crippen molar-refractivity contribution in [2.24, 2.45) is 11.8 Å². The van der Waals surface area contributed by atoms with Crippen molar-refractivity contribution in [3.8, 4) is 0 Å². The van der Waals surface area contributed by atoms with Crippen molar-refractivity contribution in [1.29, 1.82) is 0 Å². The zero-order chi connectivity index (χ0) is 22.1. The van der Waals surface area contributed by atoms with E-state index in [-0.39, 0.29) is 18.0 Å². The molecule has 4 saturated heterocycles. The second kappa shape index (κ2) is 9.12. The summed E-state index contributed by atoms with van der Waals surface area (Å²) in [6.07, 6.45) is 5.91. The number of amides is 4. The quantitative estimate of drug-likeness (QED) is 0.787. The molecule has 4 fully saturated rings. The highest BCUT2D eigenvalue weighted by Crippen LogP contribution is 2.38. The maximum absolute atomic E-state index is 13.3. The predicted molar refractivity (Wildman–Crippen MR) is 121 cm³/mol. The topological polar surface area (TPSA) is 73.0 Å². The van der Waals surface area contributed by atoms with E-state index >= 15 is 0 Å². The van der Waals surface area contributed by atoms with Crippen LogP contribution in [0.15, 0.2) is 30.3 Å². The van der Waals surface area contributed by atoms with Crippen LogP contribution in [0, 0.1) is 11.8 Å². The van der Waals surface area contributed by atoms with E-state index in [1.807, 2.05) is 40.1 Å². The molecule has 0 radical (unpaired) electrons. The van der Waals surface area contributed by atoms with Crippen molar-refractivity contribution in [2.75, 3.05) is 32.7 Å². The first-order valence-corrected chi connectivity index (χ1v) is 12.2. The van der Waals surface area contributed by atoms with Gasteiger partial charge < -0.3 is 20.0 Å². The van der Waals surface area contributed by atoms with Crippen molar-refractivity contribution in [3.63, 3.8) is 0 Å². The molecule has 0 spiro atoms. The maximum atomic E-state index is 13.3. The smallest absolute Gasteiger partial charge is 0.320 e. The maximum Gasteiger partial charge on any atom is 0.320 e. The molecular weight excluding hydrogens is 404 g/mol. The lowest BCUT2D eigenvalue weighted by Crippen LogP contribution is -2.62. The van der Waals surface area contributed by atoms with Crippen LogP contribution in [0.5, 0.6) is 0 Å². The molecule has 0 aromatic heterocycles. The fraction of sp³-hybridized carbons (Fsp3) is 0.640. The monoisotopic (exact) mass is 438 g/mol. The number of carbonyl (C=O) groups excluding carboxylic acids is 3. The number of urea groups is 1. The normalized spacial score (nSPS) is 28.3. The summed E-state index contributed by atoms with van der Waals surface area (Å²) in [4.78, 5) is 44.1. The third kappa shape index (κ3) is 4.48. The first-order valence-electron chi connectivity index (χ1n) is 12.2. The highest BCUT2D eigenvalue weighted by molar-refractivity contribution is 5.79. The molecule has 172 valence electrons. The van der Waals surface area contributed by atoms with Crippen LogP contribution in [0.4, 0.5) is 4.79 Å². The Hall–Kier alpha value is -2.57. The summed E-state index contributed by atoms with van der Waals surface area (Å²) in [6.45, 7) is 3.74. The lowest BCUT2D eigenvalue weighted by molar-refractivity contribution is -0.144. The molecule has 4 heterocycles. The highest BCUT2D eigenvalue weighted by Gasteiger charge is 2.45. The Morgan fingerprint density at radius 1 is 0.969 bits per heavy atom. The summed E-state index contributed by atoms with van der Waals surface area (Å²) in [7, 11) is 0. The lowest BCUT2D eigenvalue weighted by atomic mass is 9.76. The summed E-state index contributed by atoms with van der Waals surface area (Å²) in [5, 5.41) is 3.15. The number of benzene rings is 1. The second-order valence-electron chi connectivity index (χ2n) is 10.0. The third-order valence-corrected chi connectivity index (χ3v) is 7.79. The standard InChI is InChI=1S/C25H34N4O3/c30-23(14-18-5-2-1-3-6-18)26-21-9-11-27(12-10-21)25(32)28-15-19-13-20(17-28)22-7-4-8-24(31)29(22)16-19/h1-3,5-6,19-22H,4,7-17H2,(H,26,30)/t19-,20-,22-/m1/s1. The van der Waals surface area contributed by atoms with Gasteiger partial charge in [0.1, 0.15) is 0 Å². The molecule has 4 aliphatic heterocycles. The molecule has 3 atom stereocenters. The molecule has 0 unspecified atom stereocenters. The molecule has 0 aliphatic carbocycles. The fourth-order valence-electron chi connectivity index (χ4n) is 6.24. The van der Waals surface area contributed by atoms with E-state index in [2.05, 4.69) is 10.2 Å². The van der Waals surface area contributed by atoms with Crippen LogP contribution in [-0.2, 0) is 16.0 Å². The molecule has 5 rings (SSSR count). The van der Waals surface area contributed by atoms with Crippen LogP contribution in [0.3, 0.4) is 0 Å². The Balaban J connectivity index is 1.11. The summed E-state index contributed by atoms with van der Waals surface area (Å²) < 4.78 is 0. The summed E-state index contributed by atoms with van der Waals surface area (Å²) in [5.74, 6) is 1.19. The minimum atomic E-state index is 0.0522. The number of likely N-dealkylation sites (tertiary alicyclic amines) is 2. The number of piperidine rings is 4. The van der Waals surface area contributed by atoms with E-state index in [9.17, 15) is 14.4 Å². The molecule has 1 aromatic carbocycles. The van der Waals surface area contributed by atoms with Gasteiger partial charge >= 0.3 is 6.03 Å². The molecule has 1 aromatic rings. The Morgan fingerprint density at radius 3 is 2.53 bits per heavy atom. The first-order chi connectivity index (χ1) is 15.6. The number of nitrogens with zero attached hydrogens (tertiary/aromatic N) is 3. The zero-order valence-corrected chi connectivity index (χ0v) is 18.7. The Morgan fingerprint density at radius 2 is 1.75 bits per heavy atom. The van der Waals surface area contributed by atoms with Gasteiger partial charge in [0.2, 0.25) is 11.8 Å². The van der Waals surface area contributed by atoms with Crippen LogP contribution in [0.1, 0.15) is 44.1 Å². The van der Waals surface area contributed by atoms with Gasteiger partial charge in [-0.05, 0) is 49.5 Å². The number of hydrogen-bond donors (Lipinski definition) is 1. The molecule has 4 aliphatic rings. The van der Waals surface area contributed by atoms with E-state index in [0.717, 1.165) is 57.3 Å². The highest BCUT2D eigenvalue weighted by atomic mass is 16.2. The predicted octanol–water partition coefficient (Wildman–Crippen LogP) is 2.26.